The molecule has 1 amide bonds. The number of hydrazone groups is 1. The molecule has 8 heteroatoms. The molecule has 0 aromatic heterocycles. The number of amidine groups is 2. The SMILES string of the molecule is CC1=NNC(c2ccc(CC(=O)NC(C)(C)CCOC(C)(C)CCN)cc2)=N[NH2+]1. The summed E-state index contributed by atoms with van der Waals surface area (Å²) in [6, 6.07) is 7.76. The van der Waals surface area contributed by atoms with Gasteiger partial charge in [0.2, 0.25) is 17.6 Å². The third kappa shape index (κ3) is 7.92. The summed E-state index contributed by atoms with van der Waals surface area (Å²) in [4.78, 5) is 12.5. The van der Waals surface area contributed by atoms with E-state index in [1.165, 1.54) is 0 Å². The third-order valence-corrected chi connectivity index (χ3v) is 4.75. The Kier molecular flexibility index (Phi) is 7.89. The van der Waals surface area contributed by atoms with Gasteiger partial charge in [0.1, 0.15) is 0 Å². The summed E-state index contributed by atoms with van der Waals surface area (Å²) in [7, 11) is 0. The number of nitrogens with zero attached hydrogens (tertiary/aromatic N) is 2. The van der Waals surface area contributed by atoms with Gasteiger partial charge in [-0.2, -0.15) is 5.43 Å². The molecular formula is C21H35N6O2+. The number of amides is 1. The third-order valence-electron chi connectivity index (χ3n) is 4.75. The molecule has 0 bridgehead atoms. The summed E-state index contributed by atoms with van der Waals surface area (Å²) in [5.41, 5.74) is 11.5. The highest BCUT2D eigenvalue weighted by molar-refractivity contribution is 5.99. The van der Waals surface area contributed by atoms with Crippen LogP contribution in [0.5, 0.6) is 0 Å². The lowest BCUT2D eigenvalue weighted by Crippen LogP contribution is -2.84. The number of carbonyl (C=O) groups is 1. The van der Waals surface area contributed by atoms with Crippen LogP contribution < -0.4 is 21.9 Å². The molecule has 29 heavy (non-hydrogen) atoms. The van der Waals surface area contributed by atoms with Crippen LogP contribution >= 0.6 is 0 Å². The summed E-state index contributed by atoms with van der Waals surface area (Å²) in [6.07, 6.45) is 1.86. The van der Waals surface area contributed by atoms with Gasteiger partial charge < -0.3 is 15.8 Å². The lowest BCUT2D eigenvalue weighted by atomic mass is 9.99. The van der Waals surface area contributed by atoms with E-state index in [4.69, 9.17) is 10.5 Å². The minimum Gasteiger partial charge on any atom is -0.375 e. The van der Waals surface area contributed by atoms with Gasteiger partial charge in [-0.3, -0.25) is 10.2 Å². The molecule has 1 heterocycles. The minimum atomic E-state index is -0.345. The number of benzene rings is 1. The van der Waals surface area contributed by atoms with Crippen molar-refractivity contribution in [1.29, 1.82) is 0 Å². The van der Waals surface area contributed by atoms with Crippen molar-refractivity contribution in [3.63, 3.8) is 0 Å². The number of rotatable bonds is 10. The normalized spacial score (nSPS) is 14.7. The van der Waals surface area contributed by atoms with Crippen LogP contribution in [-0.2, 0) is 16.0 Å². The molecule has 0 spiro atoms. The molecule has 1 aromatic rings. The summed E-state index contributed by atoms with van der Waals surface area (Å²) < 4.78 is 5.92. The van der Waals surface area contributed by atoms with Gasteiger partial charge in [-0.1, -0.05) is 29.4 Å². The topological polar surface area (TPSA) is 118 Å². The molecule has 0 unspecified atom stereocenters. The zero-order valence-electron chi connectivity index (χ0n) is 18.2. The fourth-order valence-corrected chi connectivity index (χ4v) is 2.95. The Labute approximate surface area is 173 Å². The largest absolute Gasteiger partial charge is 0.375 e. The van der Waals surface area contributed by atoms with E-state index in [2.05, 4.69) is 20.9 Å². The highest BCUT2D eigenvalue weighted by atomic mass is 16.5. The first-order chi connectivity index (χ1) is 13.6. The molecule has 6 N–H and O–H groups in total. The van der Waals surface area contributed by atoms with Crippen molar-refractivity contribution < 1.29 is 15.0 Å². The average Bonchev–Trinajstić information content (AvgIpc) is 2.62. The van der Waals surface area contributed by atoms with Crippen molar-refractivity contribution in [2.24, 2.45) is 15.9 Å². The van der Waals surface area contributed by atoms with Crippen LogP contribution in [0.15, 0.2) is 34.5 Å². The maximum atomic E-state index is 12.5. The van der Waals surface area contributed by atoms with Crippen molar-refractivity contribution in [3.05, 3.63) is 35.4 Å². The van der Waals surface area contributed by atoms with E-state index in [9.17, 15) is 4.79 Å². The predicted molar refractivity (Wildman–Crippen MR) is 115 cm³/mol. The van der Waals surface area contributed by atoms with Crippen LogP contribution in [0.2, 0.25) is 0 Å². The highest BCUT2D eigenvalue weighted by Gasteiger charge is 2.23. The van der Waals surface area contributed by atoms with Crippen LogP contribution in [0.3, 0.4) is 0 Å². The maximum Gasteiger partial charge on any atom is 0.240 e. The molecule has 1 aliphatic rings. The van der Waals surface area contributed by atoms with Gasteiger partial charge in [-0.25, -0.2) is 0 Å². The molecule has 0 atom stereocenters. The second-order valence-corrected chi connectivity index (χ2v) is 8.67. The van der Waals surface area contributed by atoms with Crippen molar-refractivity contribution in [3.8, 4) is 0 Å². The van der Waals surface area contributed by atoms with Crippen molar-refractivity contribution in [2.75, 3.05) is 13.2 Å². The number of carbonyl (C=O) groups excluding carboxylic acids is 1. The standard InChI is InChI=1S/C21H34N6O2/c1-15-24-26-19(27-25-15)17-8-6-16(7-9-17)14-18(28)23-20(2,3)11-13-29-21(4,5)10-12-22/h6-9H,10-14,22H2,1-5H3,(H,23,28)(H,24,25)(H,26,27)/p+1. The Hall–Kier alpha value is -2.29. The molecule has 0 radical (unpaired) electrons. The number of nitrogens with one attached hydrogen (secondary N) is 2. The first-order valence-electron chi connectivity index (χ1n) is 10.1. The molecular weight excluding hydrogens is 368 g/mol. The van der Waals surface area contributed by atoms with Crippen LogP contribution in [0.4, 0.5) is 0 Å². The number of quaternary nitrogens is 1. The fourth-order valence-electron chi connectivity index (χ4n) is 2.95. The highest BCUT2D eigenvalue weighted by Crippen LogP contribution is 2.17. The lowest BCUT2D eigenvalue weighted by Gasteiger charge is -2.30. The van der Waals surface area contributed by atoms with E-state index < -0.39 is 0 Å². The van der Waals surface area contributed by atoms with E-state index in [1.807, 2.05) is 58.9 Å². The summed E-state index contributed by atoms with van der Waals surface area (Å²) >= 11 is 0. The summed E-state index contributed by atoms with van der Waals surface area (Å²) in [5, 5.41) is 11.6. The lowest BCUT2D eigenvalue weighted by molar-refractivity contribution is -0.548. The van der Waals surface area contributed by atoms with Gasteiger partial charge in [0, 0.05) is 24.6 Å². The van der Waals surface area contributed by atoms with Gasteiger partial charge >= 0.3 is 0 Å². The molecule has 0 saturated heterocycles. The second-order valence-electron chi connectivity index (χ2n) is 8.67. The Balaban J connectivity index is 1.82. The number of ether oxygens (including phenoxy) is 1. The zero-order chi connectivity index (χ0) is 21.5. The van der Waals surface area contributed by atoms with Gasteiger partial charge in [0.15, 0.2) is 0 Å². The first kappa shape index (κ1) is 23.0. The molecule has 1 aromatic carbocycles. The predicted octanol–water partition coefficient (Wildman–Crippen LogP) is 0.820. The fraction of sp³-hybridized carbons (Fsp3) is 0.571. The minimum absolute atomic E-state index is 0.00865. The monoisotopic (exact) mass is 403 g/mol. The Morgan fingerprint density at radius 1 is 1.21 bits per heavy atom. The van der Waals surface area contributed by atoms with Crippen LogP contribution in [0, 0.1) is 0 Å². The Morgan fingerprint density at radius 2 is 1.90 bits per heavy atom. The van der Waals surface area contributed by atoms with Gasteiger partial charge in [0.05, 0.1) is 12.0 Å². The number of hydrogen-bond acceptors (Lipinski definition) is 6. The van der Waals surface area contributed by atoms with E-state index >= 15 is 0 Å². The Morgan fingerprint density at radius 3 is 2.48 bits per heavy atom. The molecule has 8 nitrogen and oxygen atoms in total. The molecule has 0 aliphatic carbocycles. The van der Waals surface area contributed by atoms with E-state index in [0.717, 1.165) is 29.8 Å². The maximum absolute atomic E-state index is 12.5. The first-order valence-corrected chi connectivity index (χ1v) is 10.1. The van der Waals surface area contributed by atoms with Gasteiger partial charge in [0.25, 0.3) is 0 Å². The zero-order valence-corrected chi connectivity index (χ0v) is 18.2. The van der Waals surface area contributed by atoms with Gasteiger partial charge in [-0.15, -0.1) is 5.10 Å². The van der Waals surface area contributed by atoms with Crippen LogP contribution in [-0.4, -0.2) is 41.9 Å². The van der Waals surface area contributed by atoms with E-state index in [-0.39, 0.29) is 17.0 Å². The van der Waals surface area contributed by atoms with E-state index in [1.54, 1.807) is 5.43 Å². The number of hydrogen-bond donors (Lipinski definition) is 4. The molecule has 2 rings (SSSR count). The van der Waals surface area contributed by atoms with Gasteiger partial charge in [-0.05, 0) is 52.6 Å². The Bertz CT molecular complexity index is 753. The smallest absolute Gasteiger partial charge is 0.240 e. The van der Waals surface area contributed by atoms with Crippen LogP contribution in [0.1, 0.15) is 58.6 Å². The molecule has 1 aliphatic heterocycles. The average molecular weight is 404 g/mol. The summed E-state index contributed by atoms with van der Waals surface area (Å²) in [5.74, 6) is 1.52. The summed E-state index contributed by atoms with van der Waals surface area (Å²) in [6.45, 7) is 11.1. The molecule has 0 fully saturated rings. The van der Waals surface area contributed by atoms with E-state index in [0.29, 0.717) is 25.4 Å². The van der Waals surface area contributed by atoms with Crippen molar-refractivity contribution in [1.82, 2.24) is 10.7 Å². The quantitative estimate of drug-likeness (QED) is 0.433. The second kappa shape index (κ2) is 9.96. The van der Waals surface area contributed by atoms with Crippen LogP contribution in [0.25, 0.3) is 0 Å². The molecule has 160 valence electrons. The number of nitrogens with two attached hydrogens (primary N) is 2. The van der Waals surface area contributed by atoms with Crippen molar-refractivity contribution >= 4 is 17.6 Å². The molecule has 0 saturated carbocycles. The van der Waals surface area contributed by atoms with Crippen molar-refractivity contribution in [2.45, 2.75) is 65.0 Å².